The van der Waals surface area contributed by atoms with Crippen LogP contribution in [0.4, 0.5) is 0 Å². The van der Waals surface area contributed by atoms with Crippen molar-refractivity contribution in [2.45, 2.75) is 19.8 Å². The SMILES string of the molecule is Cc1[nH][nH]c(=O)c1C(c1cc(Br)ccc1O)c1c(C)[nH][nH]c1=O.Cl. The Morgan fingerprint density at radius 1 is 0.958 bits per heavy atom. The summed E-state index contributed by atoms with van der Waals surface area (Å²) in [6.45, 7) is 3.48. The second kappa shape index (κ2) is 6.74. The number of aromatic hydroxyl groups is 1. The third-order valence-electron chi connectivity index (χ3n) is 3.90. The highest BCUT2D eigenvalue weighted by atomic mass is 79.9. The third kappa shape index (κ3) is 2.94. The van der Waals surface area contributed by atoms with E-state index in [9.17, 15) is 14.7 Å². The van der Waals surface area contributed by atoms with E-state index in [1.54, 1.807) is 26.0 Å². The van der Waals surface area contributed by atoms with Gasteiger partial charge in [-0.1, -0.05) is 15.9 Å². The van der Waals surface area contributed by atoms with Gasteiger partial charge in [0.2, 0.25) is 0 Å². The maximum Gasteiger partial charge on any atom is 0.268 e. The van der Waals surface area contributed by atoms with Gasteiger partial charge in [-0.2, -0.15) is 0 Å². The molecular weight excluding hydrogens is 400 g/mol. The molecule has 0 aliphatic heterocycles. The number of hydrogen-bond donors (Lipinski definition) is 5. The minimum absolute atomic E-state index is 0. The Labute approximate surface area is 151 Å². The van der Waals surface area contributed by atoms with Crippen LogP contribution in [0.2, 0.25) is 0 Å². The lowest BCUT2D eigenvalue weighted by Gasteiger charge is -2.17. The second-order valence-electron chi connectivity index (χ2n) is 5.37. The van der Waals surface area contributed by atoms with Crippen LogP contribution in [-0.2, 0) is 0 Å². The highest BCUT2D eigenvalue weighted by Gasteiger charge is 2.30. The normalized spacial score (nSPS) is 10.8. The minimum Gasteiger partial charge on any atom is -0.508 e. The van der Waals surface area contributed by atoms with E-state index in [4.69, 9.17) is 0 Å². The molecule has 0 atom stereocenters. The molecule has 0 amide bonds. The molecule has 0 aliphatic rings. The number of H-pyrrole nitrogens is 4. The smallest absolute Gasteiger partial charge is 0.268 e. The summed E-state index contributed by atoms with van der Waals surface area (Å²) in [5.74, 6) is -0.685. The molecule has 1 aromatic carbocycles. The average molecular weight is 416 g/mol. The maximum atomic E-state index is 12.3. The predicted octanol–water partition coefficient (Wildman–Crippen LogP) is 2.41. The van der Waals surface area contributed by atoms with Gasteiger partial charge in [0.1, 0.15) is 5.75 Å². The van der Waals surface area contributed by atoms with E-state index in [0.717, 1.165) is 4.47 Å². The quantitative estimate of drug-likeness (QED) is 0.452. The molecule has 0 saturated heterocycles. The Hall–Kier alpha value is -2.19. The number of rotatable bonds is 3. The molecule has 9 heteroatoms. The summed E-state index contributed by atoms with van der Waals surface area (Å²) in [6.07, 6.45) is 0. The van der Waals surface area contributed by atoms with E-state index in [-0.39, 0.29) is 29.3 Å². The van der Waals surface area contributed by atoms with Crippen molar-refractivity contribution in [1.29, 1.82) is 0 Å². The van der Waals surface area contributed by atoms with Crippen molar-refractivity contribution >= 4 is 28.3 Å². The van der Waals surface area contributed by atoms with Gasteiger partial charge < -0.3 is 15.3 Å². The molecule has 128 valence electrons. The number of nitrogens with one attached hydrogen (secondary N) is 4. The average Bonchev–Trinajstić information content (AvgIpc) is 3.00. The van der Waals surface area contributed by atoms with Crippen LogP contribution in [0.5, 0.6) is 5.75 Å². The molecule has 3 rings (SSSR count). The first-order valence-corrected chi connectivity index (χ1v) is 7.72. The molecule has 0 saturated carbocycles. The standard InChI is InChI=1S/C15H15BrN4O3.ClH/c1-6-11(14(22)19-17-6)13(12-7(2)18-20-15(12)23)9-5-8(16)3-4-10(9)21;/h3-5,13,21H,1-2H3,(H2,17,19,22)(H2,18,20,23);1H. The first-order chi connectivity index (χ1) is 10.9. The molecule has 2 heterocycles. The van der Waals surface area contributed by atoms with Gasteiger partial charge in [-0.05, 0) is 32.0 Å². The van der Waals surface area contributed by atoms with Crippen molar-refractivity contribution in [1.82, 2.24) is 20.4 Å². The zero-order chi connectivity index (χ0) is 16.7. The number of aromatic nitrogens is 4. The van der Waals surface area contributed by atoms with Crippen LogP contribution >= 0.6 is 28.3 Å². The van der Waals surface area contributed by atoms with Gasteiger partial charge in [0.15, 0.2) is 0 Å². The van der Waals surface area contributed by atoms with Crippen LogP contribution in [0.1, 0.15) is 34.0 Å². The molecule has 3 aromatic rings. The van der Waals surface area contributed by atoms with Crippen LogP contribution < -0.4 is 11.1 Å². The zero-order valence-electron chi connectivity index (χ0n) is 12.9. The van der Waals surface area contributed by atoms with Gasteiger partial charge in [-0.15, -0.1) is 12.4 Å². The van der Waals surface area contributed by atoms with Crippen molar-refractivity contribution in [3.05, 3.63) is 71.5 Å². The van der Waals surface area contributed by atoms with E-state index in [2.05, 4.69) is 36.3 Å². The zero-order valence-corrected chi connectivity index (χ0v) is 15.3. The Balaban J connectivity index is 0.00000208. The first-order valence-electron chi connectivity index (χ1n) is 6.92. The van der Waals surface area contributed by atoms with Crippen LogP contribution in [0.15, 0.2) is 32.3 Å². The summed E-state index contributed by atoms with van der Waals surface area (Å²) in [5.41, 5.74) is 1.83. The number of phenols is 1. The maximum absolute atomic E-state index is 12.3. The summed E-state index contributed by atoms with van der Waals surface area (Å²) in [6, 6.07) is 4.93. The van der Waals surface area contributed by atoms with Gasteiger partial charge in [-0.3, -0.25) is 19.8 Å². The number of halogens is 2. The molecule has 2 aromatic heterocycles. The summed E-state index contributed by atoms with van der Waals surface area (Å²) in [7, 11) is 0. The Bertz CT molecular complexity index is 931. The number of benzene rings is 1. The first kappa shape index (κ1) is 18.2. The molecule has 7 nitrogen and oxygen atoms in total. The molecule has 0 fully saturated rings. The lowest BCUT2D eigenvalue weighted by Crippen LogP contribution is -2.20. The van der Waals surface area contributed by atoms with Crippen molar-refractivity contribution in [3.8, 4) is 5.75 Å². The van der Waals surface area contributed by atoms with Crippen molar-refractivity contribution in [2.75, 3.05) is 0 Å². The molecular formula is C15H16BrClN4O3. The van der Waals surface area contributed by atoms with E-state index >= 15 is 0 Å². The largest absolute Gasteiger partial charge is 0.508 e. The van der Waals surface area contributed by atoms with Crippen LogP contribution in [0.25, 0.3) is 0 Å². The van der Waals surface area contributed by atoms with Crippen LogP contribution in [-0.4, -0.2) is 25.5 Å². The topological polar surface area (TPSA) is 118 Å². The van der Waals surface area contributed by atoms with E-state index in [0.29, 0.717) is 28.1 Å². The van der Waals surface area contributed by atoms with Crippen molar-refractivity contribution in [2.24, 2.45) is 0 Å². The van der Waals surface area contributed by atoms with Gasteiger partial charge in [0, 0.05) is 21.4 Å². The van der Waals surface area contributed by atoms with Crippen molar-refractivity contribution in [3.63, 3.8) is 0 Å². The Kier molecular flexibility index (Phi) is 5.10. The van der Waals surface area contributed by atoms with Crippen LogP contribution in [0.3, 0.4) is 0 Å². The number of aromatic amines is 4. The molecule has 24 heavy (non-hydrogen) atoms. The fraction of sp³-hybridized carbons (Fsp3) is 0.200. The summed E-state index contributed by atoms with van der Waals surface area (Å²) in [4.78, 5) is 24.5. The lowest BCUT2D eigenvalue weighted by molar-refractivity contribution is 0.467. The van der Waals surface area contributed by atoms with Crippen LogP contribution in [0, 0.1) is 13.8 Å². The monoisotopic (exact) mass is 414 g/mol. The number of phenolic OH excluding ortho intramolecular Hbond substituents is 1. The van der Waals surface area contributed by atoms with Gasteiger partial charge in [0.05, 0.1) is 17.0 Å². The number of aryl methyl sites for hydroxylation is 2. The predicted molar refractivity (Wildman–Crippen MR) is 96.3 cm³/mol. The number of hydrogen-bond acceptors (Lipinski definition) is 3. The molecule has 0 bridgehead atoms. The van der Waals surface area contributed by atoms with Gasteiger partial charge in [0.25, 0.3) is 11.1 Å². The van der Waals surface area contributed by atoms with E-state index in [1.165, 1.54) is 6.07 Å². The summed E-state index contributed by atoms with van der Waals surface area (Å²) >= 11 is 3.37. The minimum atomic E-state index is -0.697. The summed E-state index contributed by atoms with van der Waals surface area (Å²) < 4.78 is 0.740. The molecule has 0 radical (unpaired) electrons. The molecule has 0 aliphatic carbocycles. The molecule has 0 spiro atoms. The second-order valence-corrected chi connectivity index (χ2v) is 6.29. The highest BCUT2D eigenvalue weighted by molar-refractivity contribution is 9.10. The fourth-order valence-corrected chi connectivity index (χ4v) is 3.20. The Morgan fingerprint density at radius 3 is 1.88 bits per heavy atom. The van der Waals surface area contributed by atoms with Gasteiger partial charge >= 0.3 is 0 Å². The third-order valence-corrected chi connectivity index (χ3v) is 4.40. The lowest BCUT2D eigenvalue weighted by atomic mass is 9.85. The Morgan fingerprint density at radius 2 is 1.46 bits per heavy atom. The highest BCUT2D eigenvalue weighted by Crippen LogP contribution is 2.37. The molecule has 5 N–H and O–H groups in total. The summed E-state index contributed by atoms with van der Waals surface area (Å²) in [5, 5.41) is 20.9. The molecule has 0 unspecified atom stereocenters. The van der Waals surface area contributed by atoms with E-state index < -0.39 is 5.92 Å². The van der Waals surface area contributed by atoms with Crippen molar-refractivity contribution < 1.29 is 5.11 Å². The fourth-order valence-electron chi connectivity index (χ4n) is 2.82. The van der Waals surface area contributed by atoms with Gasteiger partial charge in [-0.25, -0.2) is 0 Å². The van der Waals surface area contributed by atoms with E-state index in [1.807, 2.05) is 0 Å².